The molecule has 0 bridgehead atoms. The number of amides is 1. The molecule has 1 fully saturated rings. The Morgan fingerprint density at radius 1 is 1.26 bits per heavy atom. The molecule has 1 unspecified atom stereocenters. The number of rotatable bonds is 5. The van der Waals surface area contributed by atoms with Gasteiger partial charge < -0.3 is 14.8 Å². The Hall–Kier alpha value is -2.04. The largest absolute Gasteiger partial charge is 0.466 e. The minimum Gasteiger partial charge on any atom is -0.466 e. The van der Waals surface area contributed by atoms with Gasteiger partial charge in [0.05, 0.1) is 12.5 Å². The van der Waals surface area contributed by atoms with Crippen LogP contribution in [-0.4, -0.2) is 24.7 Å². The first kappa shape index (κ1) is 13.4. The molecule has 2 atom stereocenters. The van der Waals surface area contributed by atoms with Gasteiger partial charge in [-0.25, -0.2) is 4.79 Å². The highest BCUT2D eigenvalue weighted by molar-refractivity contribution is 5.78. The van der Waals surface area contributed by atoms with Crippen LogP contribution in [-0.2, 0) is 20.9 Å². The summed E-state index contributed by atoms with van der Waals surface area (Å²) in [4.78, 5) is 22.9. The van der Waals surface area contributed by atoms with E-state index in [-0.39, 0.29) is 24.5 Å². The first-order valence-corrected chi connectivity index (χ1v) is 6.34. The van der Waals surface area contributed by atoms with Crippen LogP contribution in [0.15, 0.2) is 30.3 Å². The smallest absolute Gasteiger partial charge is 0.407 e. The lowest BCUT2D eigenvalue weighted by Crippen LogP contribution is -2.29. The molecule has 19 heavy (non-hydrogen) atoms. The number of nitrogens with one attached hydrogen (secondary N) is 1. The summed E-state index contributed by atoms with van der Waals surface area (Å²) in [5.41, 5.74) is 0.926. The lowest BCUT2D eigenvalue weighted by atomic mass is 10.2. The van der Waals surface area contributed by atoms with E-state index in [0.717, 1.165) is 5.56 Å². The van der Waals surface area contributed by atoms with Crippen LogP contribution < -0.4 is 5.32 Å². The van der Waals surface area contributed by atoms with Crippen LogP contribution in [0.2, 0.25) is 0 Å². The molecule has 0 aliphatic heterocycles. The van der Waals surface area contributed by atoms with Gasteiger partial charge in [-0.2, -0.15) is 0 Å². The van der Waals surface area contributed by atoms with Gasteiger partial charge in [-0.1, -0.05) is 30.3 Å². The van der Waals surface area contributed by atoms with Crippen LogP contribution in [0.3, 0.4) is 0 Å². The molecule has 0 heterocycles. The number of hydrogen-bond donors (Lipinski definition) is 1. The third-order valence-electron chi connectivity index (χ3n) is 2.90. The summed E-state index contributed by atoms with van der Waals surface area (Å²) in [5.74, 6) is -0.472. The van der Waals surface area contributed by atoms with Crippen molar-refractivity contribution in [3.8, 4) is 0 Å². The second-order valence-corrected chi connectivity index (χ2v) is 4.41. The highest BCUT2D eigenvalue weighted by atomic mass is 16.5. The van der Waals surface area contributed by atoms with Crippen LogP contribution in [0.4, 0.5) is 4.79 Å². The average molecular weight is 263 g/mol. The quantitative estimate of drug-likeness (QED) is 0.824. The Kier molecular flexibility index (Phi) is 4.39. The molecule has 5 heteroatoms. The van der Waals surface area contributed by atoms with Crippen molar-refractivity contribution in [2.24, 2.45) is 5.92 Å². The zero-order chi connectivity index (χ0) is 13.7. The molecular formula is C14H17NO4. The lowest BCUT2D eigenvalue weighted by Gasteiger charge is -2.06. The van der Waals surface area contributed by atoms with E-state index in [1.165, 1.54) is 0 Å². The minimum absolute atomic E-state index is 0.151. The van der Waals surface area contributed by atoms with Gasteiger partial charge in [0, 0.05) is 6.04 Å². The van der Waals surface area contributed by atoms with E-state index < -0.39 is 6.09 Å². The second kappa shape index (κ2) is 6.22. The summed E-state index contributed by atoms with van der Waals surface area (Å²) in [6, 6.07) is 9.28. The molecule has 0 aromatic heterocycles. The molecule has 1 saturated carbocycles. The number of benzene rings is 1. The van der Waals surface area contributed by atoms with Crippen molar-refractivity contribution in [2.75, 3.05) is 6.61 Å². The van der Waals surface area contributed by atoms with E-state index in [1.807, 2.05) is 30.3 Å². The van der Waals surface area contributed by atoms with Crippen LogP contribution in [0, 0.1) is 5.92 Å². The predicted octanol–water partition coefficient (Wildman–Crippen LogP) is 1.86. The Morgan fingerprint density at radius 3 is 2.68 bits per heavy atom. The molecule has 102 valence electrons. The summed E-state index contributed by atoms with van der Waals surface area (Å²) in [5, 5.41) is 2.65. The Labute approximate surface area is 111 Å². The molecule has 1 aliphatic carbocycles. The van der Waals surface area contributed by atoms with Gasteiger partial charge in [-0.05, 0) is 18.9 Å². The van der Waals surface area contributed by atoms with Crippen molar-refractivity contribution in [2.45, 2.75) is 26.0 Å². The Morgan fingerprint density at radius 2 is 2.00 bits per heavy atom. The maximum absolute atomic E-state index is 11.5. The second-order valence-electron chi connectivity index (χ2n) is 4.41. The zero-order valence-electron chi connectivity index (χ0n) is 10.8. The minimum atomic E-state index is -0.499. The van der Waals surface area contributed by atoms with Crippen molar-refractivity contribution in [3.05, 3.63) is 35.9 Å². The topological polar surface area (TPSA) is 64.6 Å². The van der Waals surface area contributed by atoms with E-state index in [4.69, 9.17) is 9.47 Å². The molecule has 2 rings (SSSR count). The highest BCUT2D eigenvalue weighted by Crippen LogP contribution is 2.31. The molecule has 0 radical (unpaired) electrons. The van der Waals surface area contributed by atoms with Gasteiger partial charge in [0.1, 0.15) is 6.61 Å². The first-order valence-electron chi connectivity index (χ1n) is 6.34. The monoisotopic (exact) mass is 263 g/mol. The molecule has 5 nitrogen and oxygen atoms in total. The third-order valence-corrected chi connectivity index (χ3v) is 2.90. The van der Waals surface area contributed by atoms with Crippen LogP contribution >= 0.6 is 0 Å². The van der Waals surface area contributed by atoms with E-state index in [1.54, 1.807) is 6.92 Å². The third kappa shape index (κ3) is 3.98. The first-order chi connectivity index (χ1) is 9.20. The normalized spacial score (nSPS) is 20.5. The van der Waals surface area contributed by atoms with Crippen LogP contribution in [0.5, 0.6) is 0 Å². The molecule has 0 spiro atoms. The summed E-state index contributed by atoms with van der Waals surface area (Å²) < 4.78 is 9.94. The maximum atomic E-state index is 11.5. The number of alkyl carbamates (subject to hydrolysis) is 1. The van der Waals surface area contributed by atoms with Crippen molar-refractivity contribution in [1.29, 1.82) is 0 Å². The van der Waals surface area contributed by atoms with E-state index >= 15 is 0 Å². The zero-order valence-corrected chi connectivity index (χ0v) is 10.8. The van der Waals surface area contributed by atoms with Gasteiger partial charge in [0.2, 0.25) is 0 Å². The highest BCUT2D eigenvalue weighted by Gasteiger charge is 2.45. The fraction of sp³-hybridized carbons (Fsp3) is 0.429. The van der Waals surface area contributed by atoms with Gasteiger partial charge in [0.25, 0.3) is 0 Å². The van der Waals surface area contributed by atoms with E-state index in [9.17, 15) is 9.59 Å². The van der Waals surface area contributed by atoms with Crippen LogP contribution in [0.25, 0.3) is 0 Å². The average Bonchev–Trinajstić information content (AvgIpc) is 3.17. The SMILES string of the molecule is CCOC(=O)C1C[C@H]1NC(=O)OCc1ccccc1. The summed E-state index contributed by atoms with van der Waals surface area (Å²) >= 11 is 0. The predicted molar refractivity (Wildman–Crippen MR) is 68.3 cm³/mol. The summed E-state index contributed by atoms with van der Waals surface area (Å²) in [6.45, 7) is 2.35. The van der Waals surface area contributed by atoms with Gasteiger partial charge in [0.15, 0.2) is 0 Å². The lowest BCUT2D eigenvalue weighted by molar-refractivity contribution is -0.144. The molecule has 0 saturated heterocycles. The maximum Gasteiger partial charge on any atom is 0.407 e. The standard InChI is InChI=1S/C14H17NO4/c1-2-18-13(16)11-8-12(11)15-14(17)19-9-10-6-4-3-5-7-10/h3-7,11-12H,2,8-9H2,1H3,(H,15,17)/t11?,12-/m1/s1. The Bertz CT molecular complexity index is 446. The molecule has 1 aromatic carbocycles. The van der Waals surface area contributed by atoms with Crippen molar-refractivity contribution < 1.29 is 19.1 Å². The van der Waals surface area contributed by atoms with Crippen molar-refractivity contribution in [1.82, 2.24) is 5.32 Å². The van der Waals surface area contributed by atoms with E-state index in [0.29, 0.717) is 13.0 Å². The van der Waals surface area contributed by atoms with E-state index in [2.05, 4.69) is 5.32 Å². The summed E-state index contributed by atoms with van der Waals surface area (Å²) in [6.07, 6.45) is 0.125. The number of carbonyl (C=O) groups is 2. The van der Waals surface area contributed by atoms with Crippen molar-refractivity contribution in [3.63, 3.8) is 0 Å². The van der Waals surface area contributed by atoms with Crippen molar-refractivity contribution >= 4 is 12.1 Å². The molecular weight excluding hydrogens is 246 g/mol. The fourth-order valence-corrected chi connectivity index (χ4v) is 1.78. The number of esters is 1. The van der Waals surface area contributed by atoms with Crippen LogP contribution in [0.1, 0.15) is 18.9 Å². The number of carbonyl (C=O) groups excluding carboxylic acids is 2. The number of ether oxygens (including phenoxy) is 2. The molecule has 1 amide bonds. The molecule has 1 aromatic rings. The molecule has 1 N–H and O–H groups in total. The summed E-state index contributed by atoms with van der Waals surface area (Å²) in [7, 11) is 0. The van der Waals surface area contributed by atoms with Gasteiger partial charge in [-0.15, -0.1) is 0 Å². The Balaban J connectivity index is 1.68. The number of hydrogen-bond acceptors (Lipinski definition) is 4. The molecule has 1 aliphatic rings. The van der Waals surface area contributed by atoms with Gasteiger partial charge >= 0.3 is 12.1 Å². The fourth-order valence-electron chi connectivity index (χ4n) is 1.78. The van der Waals surface area contributed by atoms with Gasteiger partial charge in [-0.3, -0.25) is 4.79 Å².